The Morgan fingerprint density at radius 3 is 1.22 bits per heavy atom. The SMILES string of the molecule is COC(=O)c1ccc(C=Cc2nc3ccccc3o2)cc1.Cc1ccc2oc(-c3ccc(C=Cc4ccc(-c5nc6cc(C)ccc6o5)cc4)cc3)nc2c1.ClC(Cl)(Cl)Cc1ccc2oc(-c3ccc(C=Cc4ccc(-c5ccccc5)cc4)cc3)nc2c1. The predicted octanol–water partition coefficient (Wildman–Crippen LogP) is 21.1. The first-order valence-electron chi connectivity index (χ1n) is 28.6. The van der Waals surface area contributed by atoms with Crippen molar-refractivity contribution >= 4 is 122 Å². The third-order valence-corrected chi connectivity index (χ3v) is 14.8. The van der Waals surface area contributed by atoms with Crippen LogP contribution in [0.2, 0.25) is 0 Å². The molecule has 10 nitrogen and oxygen atoms in total. The number of oxazole rings is 4. The number of hydrogen-bond acceptors (Lipinski definition) is 10. The first-order valence-corrected chi connectivity index (χ1v) is 29.7. The van der Waals surface area contributed by atoms with E-state index in [1.165, 1.54) is 29.4 Å². The number of rotatable bonds is 12. The summed E-state index contributed by atoms with van der Waals surface area (Å²) in [7, 11) is 1.36. The average molecular weight is 1230 g/mol. The minimum atomic E-state index is -1.34. The van der Waals surface area contributed by atoms with Crippen LogP contribution in [0.15, 0.2) is 248 Å². The molecule has 4 heterocycles. The largest absolute Gasteiger partial charge is 0.465 e. The Hall–Kier alpha value is -10.4. The molecule has 0 unspecified atom stereocenters. The van der Waals surface area contributed by atoms with Gasteiger partial charge in [0.05, 0.1) is 12.7 Å². The van der Waals surface area contributed by atoms with E-state index in [9.17, 15) is 4.79 Å². The second-order valence-corrected chi connectivity index (χ2v) is 23.6. The molecule has 0 atom stereocenters. The van der Waals surface area contributed by atoms with Crippen molar-refractivity contribution in [2.45, 2.75) is 24.1 Å². The Morgan fingerprint density at radius 1 is 0.393 bits per heavy atom. The zero-order valence-electron chi connectivity index (χ0n) is 48.5. The Bertz CT molecular complexity index is 4690. The van der Waals surface area contributed by atoms with Crippen molar-refractivity contribution in [1.29, 1.82) is 0 Å². The van der Waals surface area contributed by atoms with Crippen molar-refractivity contribution in [3.63, 3.8) is 0 Å². The Kier molecular flexibility index (Phi) is 17.7. The van der Waals surface area contributed by atoms with Gasteiger partial charge in [-0.25, -0.2) is 24.7 Å². The molecule has 0 fully saturated rings. The molecule has 13 heteroatoms. The predicted molar refractivity (Wildman–Crippen MR) is 362 cm³/mol. The molecule has 0 saturated carbocycles. The number of benzene rings is 10. The maximum Gasteiger partial charge on any atom is 0.337 e. The molecule has 4 aromatic heterocycles. The van der Waals surface area contributed by atoms with Gasteiger partial charge in [-0.3, -0.25) is 0 Å². The minimum absolute atomic E-state index is 0.311. The molecule has 0 N–H and O–H groups in total. The van der Waals surface area contributed by atoms with E-state index in [0.717, 1.165) is 88.9 Å². The van der Waals surface area contributed by atoms with Gasteiger partial charge in [0.25, 0.3) is 0 Å². The number of halogens is 3. The maximum atomic E-state index is 11.3. The highest BCUT2D eigenvalue weighted by atomic mass is 35.6. The van der Waals surface area contributed by atoms with Crippen LogP contribution in [0.25, 0.3) is 126 Å². The second kappa shape index (κ2) is 26.7. The lowest BCUT2D eigenvalue weighted by Crippen LogP contribution is -2.06. The van der Waals surface area contributed by atoms with E-state index in [4.69, 9.17) is 52.5 Å². The number of esters is 1. The third kappa shape index (κ3) is 15.1. The van der Waals surface area contributed by atoms with Crippen LogP contribution in [0.5, 0.6) is 0 Å². The van der Waals surface area contributed by atoms with Gasteiger partial charge in [0.2, 0.25) is 23.6 Å². The lowest BCUT2D eigenvalue weighted by atomic mass is 10.0. The third-order valence-electron chi connectivity index (χ3n) is 14.4. The van der Waals surface area contributed by atoms with Crippen molar-refractivity contribution in [3.8, 4) is 45.5 Å². The lowest BCUT2D eigenvalue weighted by molar-refractivity contribution is 0.0600. The highest BCUT2D eigenvalue weighted by Crippen LogP contribution is 2.33. The molecule has 0 radical (unpaired) electrons. The number of nitrogens with zero attached hydrogens (tertiary/aromatic N) is 4. The fourth-order valence-corrected chi connectivity index (χ4v) is 10.2. The smallest absolute Gasteiger partial charge is 0.337 e. The van der Waals surface area contributed by atoms with Gasteiger partial charge in [0.15, 0.2) is 26.1 Å². The number of para-hydroxylation sites is 2. The van der Waals surface area contributed by atoms with Crippen LogP contribution in [0.4, 0.5) is 0 Å². The van der Waals surface area contributed by atoms with Crippen LogP contribution in [0, 0.1) is 13.8 Å². The van der Waals surface area contributed by atoms with Gasteiger partial charge in [-0.2, -0.15) is 0 Å². The number of carbonyl (C=O) groups is 1. The summed E-state index contributed by atoms with van der Waals surface area (Å²) in [5, 5.41) is 0. The normalized spacial score (nSPS) is 11.7. The summed E-state index contributed by atoms with van der Waals surface area (Å²) < 4.78 is 26.7. The van der Waals surface area contributed by atoms with Gasteiger partial charge in [-0.15, -0.1) is 0 Å². The van der Waals surface area contributed by atoms with Crippen molar-refractivity contribution < 1.29 is 27.2 Å². The fraction of sp³-hybridized carbons (Fsp3) is 0.0658. The second-order valence-electron chi connectivity index (χ2n) is 21.1. The molecular formula is C76H55Cl3N4O6. The highest BCUT2D eigenvalue weighted by Gasteiger charge is 2.21. The van der Waals surface area contributed by atoms with E-state index in [2.05, 4.69) is 136 Å². The van der Waals surface area contributed by atoms with Gasteiger partial charge in [-0.05, 0) is 173 Å². The molecule has 0 aliphatic carbocycles. The van der Waals surface area contributed by atoms with Crippen LogP contribution >= 0.6 is 34.8 Å². The molecule has 14 rings (SSSR count). The number of fused-ring (bicyclic) bond motifs is 4. The lowest BCUT2D eigenvalue weighted by Gasteiger charge is -2.09. The topological polar surface area (TPSA) is 130 Å². The van der Waals surface area contributed by atoms with Crippen LogP contribution < -0.4 is 0 Å². The highest BCUT2D eigenvalue weighted by molar-refractivity contribution is 6.67. The van der Waals surface area contributed by atoms with Crippen LogP contribution in [-0.2, 0) is 11.2 Å². The zero-order valence-corrected chi connectivity index (χ0v) is 50.8. The van der Waals surface area contributed by atoms with Gasteiger partial charge >= 0.3 is 5.97 Å². The molecule has 0 spiro atoms. The number of ether oxygens (including phenoxy) is 1. The molecule has 10 aromatic carbocycles. The first-order chi connectivity index (χ1) is 43.3. The number of hydrogen-bond donors (Lipinski definition) is 0. The van der Waals surface area contributed by atoms with Crippen molar-refractivity contribution in [2.24, 2.45) is 0 Å². The summed E-state index contributed by atoms with van der Waals surface area (Å²) >= 11 is 17.7. The average Bonchev–Trinajstić information content (AvgIpc) is 4.59. The van der Waals surface area contributed by atoms with Crippen LogP contribution in [0.1, 0.15) is 60.8 Å². The Balaban J connectivity index is 0.000000134. The van der Waals surface area contributed by atoms with Gasteiger partial charge in [-0.1, -0.05) is 193 Å². The summed E-state index contributed by atoms with van der Waals surface area (Å²) in [5.74, 6) is 2.05. The molecule has 14 aromatic rings. The summed E-state index contributed by atoms with van der Waals surface area (Å²) in [5.41, 5.74) is 20.8. The molecule has 0 saturated heterocycles. The number of methoxy groups -OCH3 is 1. The van der Waals surface area contributed by atoms with Gasteiger partial charge in [0, 0.05) is 29.2 Å². The van der Waals surface area contributed by atoms with E-state index >= 15 is 0 Å². The van der Waals surface area contributed by atoms with Crippen LogP contribution in [-0.4, -0.2) is 36.8 Å². The van der Waals surface area contributed by atoms with Crippen LogP contribution in [0.3, 0.4) is 0 Å². The van der Waals surface area contributed by atoms with E-state index < -0.39 is 3.79 Å². The summed E-state index contributed by atoms with van der Waals surface area (Å²) in [4.78, 5) is 29.6. The zero-order chi connectivity index (χ0) is 61.3. The van der Waals surface area contributed by atoms with Crippen molar-refractivity contribution in [3.05, 3.63) is 286 Å². The van der Waals surface area contributed by atoms with Gasteiger partial charge < -0.3 is 22.4 Å². The molecule has 89 heavy (non-hydrogen) atoms. The van der Waals surface area contributed by atoms with E-state index in [1.807, 2.05) is 152 Å². The number of alkyl halides is 3. The van der Waals surface area contributed by atoms with E-state index in [-0.39, 0.29) is 5.97 Å². The van der Waals surface area contributed by atoms with E-state index in [1.54, 1.807) is 18.2 Å². The standard InChI is InChI=1S/C30H22N2O2.C29H20Cl3NO.C17H13NO3/c1-19-3-15-27-25(17-19)31-29(33-27)23-11-7-21(8-12-23)5-6-22-9-13-24(14-10-22)30-32-26-18-20(2)4-16-28(26)34-30;30-29(31,32)19-22-12-17-27-26(18-22)33-28(34-27)25-15-10-21(11-16-25)7-6-20-8-13-24(14-9-20)23-4-2-1-3-5-23;1-20-17(19)13-9-6-12(7-10-13)8-11-16-18-14-4-2-3-5-15(14)21-16/h3-18H,1-2H3;1-18H,19H2;2-11H,1H3. The molecule has 0 bridgehead atoms. The number of carbonyl (C=O) groups excluding carboxylic acids is 1. The Morgan fingerprint density at radius 2 is 0.775 bits per heavy atom. The molecule has 0 aliphatic rings. The molecule has 0 amide bonds. The van der Waals surface area contributed by atoms with Gasteiger partial charge in [0.1, 0.15) is 22.1 Å². The monoisotopic (exact) mass is 1220 g/mol. The number of aromatic nitrogens is 4. The minimum Gasteiger partial charge on any atom is -0.465 e. The summed E-state index contributed by atoms with van der Waals surface area (Å²) in [6.07, 6.45) is 12.4. The Labute approximate surface area is 528 Å². The number of aryl methyl sites for hydroxylation is 2. The van der Waals surface area contributed by atoms with Crippen molar-refractivity contribution in [1.82, 2.24) is 19.9 Å². The molecule has 436 valence electrons. The van der Waals surface area contributed by atoms with Crippen molar-refractivity contribution in [2.75, 3.05) is 7.11 Å². The molecular weight excluding hydrogens is 1170 g/mol. The summed E-state index contributed by atoms with van der Waals surface area (Å²) in [6, 6.07) is 75.9. The maximum absolute atomic E-state index is 11.3. The first kappa shape index (κ1) is 59.0. The van der Waals surface area contributed by atoms with E-state index in [0.29, 0.717) is 41.1 Å². The molecule has 0 aliphatic heterocycles. The fourth-order valence-electron chi connectivity index (χ4n) is 9.75. The summed E-state index contributed by atoms with van der Waals surface area (Å²) in [6.45, 7) is 4.11. The quantitative estimate of drug-likeness (QED) is 0.0662.